The zero-order chi connectivity index (χ0) is 16.0. The second kappa shape index (κ2) is 7.30. The SMILES string of the molecule is CC1CCC(CNC(=O)N(C)C(C)CC#N)(C(=O)O)CC1. The number of rotatable bonds is 5. The highest BCUT2D eigenvalue weighted by Gasteiger charge is 2.41. The summed E-state index contributed by atoms with van der Waals surface area (Å²) in [6.07, 6.45) is 3.21. The monoisotopic (exact) mass is 295 g/mol. The number of amides is 2. The number of carboxylic acid groups (broad SMARTS) is 1. The first-order valence-electron chi connectivity index (χ1n) is 7.43. The van der Waals surface area contributed by atoms with E-state index < -0.39 is 11.4 Å². The minimum atomic E-state index is -0.846. The van der Waals surface area contributed by atoms with Crippen LogP contribution in [0.15, 0.2) is 0 Å². The van der Waals surface area contributed by atoms with Gasteiger partial charge in [0.1, 0.15) is 0 Å². The van der Waals surface area contributed by atoms with Crippen molar-refractivity contribution in [2.45, 2.75) is 52.0 Å². The van der Waals surface area contributed by atoms with Gasteiger partial charge in [-0.05, 0) is 38.5 Å². The predicted octanol–water partition coefficient (Wildman–Crippen LogP) is 2.21. The molecule has 1 unspecified atom stereocenters. The minimum absolute atomic E-state index is 0.150. The summed E-state index contributed by atoms with van der Waals surface area (Å²) in [6, 6.07) is 1.51. The van der Waals surface area contributed by atoms with Gasteiger partial charge < -0.3 is 15.3 Å². The van der Waals surface area contributed by atoms with Gasteiger partial charge in [0.05, 0.1) is 17.9 Å². The molecule has 21 heavy (non-hydrogen) atoms. The number of carbonyl (C=O) groups excluding carboxylic acids is 1. The Bertz CT molecular complexity index is 422. The molecule has 0 radical (unpaired) electrons. The molecule has 0 aromatic heterocycles. The highest BCUT2D eigenvalue weighted by atomic mass is 16.4. The summed E-state index contributed by atoms with van der Waals surface area (Å²) in [5, 5.41) is 20.9. The molecule has 6 heteroatoms. The van der Waals surface area contributed by atoms with Crippen molar-refractivity contribution in [1.82, 2.24) is 10.2 Å². The van der Waals surface area contributed by atoms with Crippen molar-refractivity contribution >= 4 is 12.0 Å². The van der Waals surface area contributed by atoms with E-state index in [1.165, 1.54) is 4.90 Å². The van der Waals surface area contributed by atoms with E-state index in [2.05, 4.69) is 12.2 Å². The van der Waals surface area contributed by atoms with E-state index in [1.54, 1.807) is 14.0 Å². The molecule has 6 nitrogen and oxygen atoms in total. The predicted molar refractivity (Wildman–Crippen MR) is 78.6 cm³/mol. The molecule has 0 bridgehead atoms. The average molecular weight is 295 g/mol. The summed E-state index contributed by atoms with van der Waals surface area (Å²) in [7, 11) is 1.62. The Morgan fingerprint density at radius 1 is 1.48 bits per heavy atom. The quantitative estimate of drug-likeness (QED) is 0.813. The standard InChI is InChI=1S/C15H25N3O3/c1-11-4-7-15(8-5-11,13(19)20)10-17-14(21)18(3)12(2)6-9-16/h11-12H,4-8,10H2,1-3H3,(H,17,21)(H,19,20). The van der Waals surface area contributed by atoms with Crippen LogP contribution >= 0.6 is 0 Å². The van der Waals surface area contributed by atoms with Crippen LogP contribution in [-0.4, -0.2) is 41.6 Å². The molecule has 1 aliphatic carbocycles. The molecule has 2 N–H and O–H groups in total. The van der Waals surface area contributed by atoms with E-state index >= 15 is 0 Å². The van der Waals surface area contributed by atoms with Crippen LogP contribution in [0, 0.1) is 22.7 Å². The van der Waals surface area contributed by atoms with Crippen molar-refractivity contribution in [2.75, 3.05) is 13.6 Å². The molecule has 0 spiro atoms. The maximum atomic E-state index is 12.0. The van der Waals surface area contributed by atoms with Gasteiger partial charge in [-0.15, -0.1) is 0 Å². The molecule has 0 heterocycles. The number of nitrogens with one attached hydrogen (secondary N) is 1. The van der Waals surface area contributed by atoms with Gasteiger partial charge in [0.15, 0.2) is 0 Å². The first-order valence-corrected chi connectivity index (χ1v) is 7.43. The molecule has 1 fully saturated rings. The number of aliphatic carboxylic acids is 1. The number of hydrogen-bond acceptors (Lipinski definition) is 3. The van der Waals surface area contributed by atoms with Crippen LogP contribution < -0.4 is 5.32 Å². The van der Waals surface area contributed by atoms with E-state index in [4.69, 9.17) is 5.26 Å². The molecule has 118 valence electrons. The summed E-state index contributed by atoms with van der Waals surface area (Å²) in [5.74, 6) is -0.283. The lowest BCUT2D eigenvalue weighted by molar-refractivity contribution is -0.151. The molecular weight excluding hydrogens is 270 g/mol. The second-order valence-electron chi connectivity index (χ2n) is 6.25. The maximum absolute atomic E-state index is 12.0. The number of nitrogens with zero attached hydrogens (tertiary/aromatic N) is 2. The largest absolute Gasteiger partial charge is 0.481 e. The lowest BCUT2D eigenvalue weighted by Gasteiger charge is -2.36. The van der Waals surface area contributed by atoms with E-state index in [0.29, 0.717) is 18.8 Å². The van der Waals surface area contributed by atoms with Crippen molar-refractivity contribution in [2.24, 2.45) is 11.3 Å². The third kappa shape index (κ3) is 4.35. The van der Waals surface area contributed by atoms with Crippen molar-refractivity contribution in [1.29, 1.82) is 5.26 Å². The summed E-state index contributed by atoms with van der Waals surface area (Å²) >= 11 is 0. The van der Waals surface area contributed by atoms with Gasteiger partial charge in [0.2, 0.25) is 0 Å². The molecule has 1 rings (SSSR count). The average Bonchev–Trinajstić information content (AvgIpc) is 2.45. The lowest BCUT2D eigenvalue weighted by Crippen LogP contribution is -2.49. The van der Waals surface area contributed by atoms with E-state index in [9.17, 15) is 14.7 Å². The van der Waals surface area contributed by atoms with Gasteiger partial charge in [-0.25, -0.2) is 4.79 Å². The van der Waals surface area contributed by atoms with Crippen LogP contribution in [0.2, 0.25) is 0 Å². The summed E-state index contributed by atoms with van der Waals surface area (Å²) in [5.41, 5.74) is -0.846. The van der Waals surface area contributed by atoms with Crippen LogP contribution in [-0.2, 0) is 4.79 Å². The smallest absolute Gasteiger partial charge is 0.317 e. The van der Waals surface area contributed by atoms with Gasteiger partial charge in [-0.1, -0.05) is 6.92 Å². The second-order valence-corrected chi connectivity index (χ2v) is 6.25. The fourth-order valence-corrected chi connectivity index (χ4v) is 2.62. The van der Waals surface area contributed by atoms with Gasteiger partial charge >= 0.3 is 12.0 Å². The molecule has 1 atom stereocenters. The van der Waals surface area contributed by atoms with Crippen molar-refractivity contribution in [3.63, 3.8) is 0 Å². The van der Waals surface area contributed by atoms with E-state index in [1.807, 2.05) is 6.07 Å². The van der Waals surface area contributed by atoms with Crippen LogP contribution in [0.1, 0.15) is 46.0 Å². The molecule has 1 saturated carbocycles. The Balaban J connectivity index is 2.60. The zero-order valence-electron chi connectivity index (χ0n) is 13.1. The van der Waals surface area contributed by atoms with Gasteiger partial charge in [0, 0.05) is 19.6 Å². The number of nitriles is 1. The topological polar surface area (TPSA) is 93.4 Å². The van der Waals surface area contributed by atoms with Crippen LogP contribution in [0.5, 0.6) is 0 Å². The normalized spacial score (nSPS) is 26.5. The van der Waals surface area contributed by atoms with Gasteiger partial charge in [-0.2, -0.15) is 5.26 Å². The van der Waals surface area contributed by atoms with Crippen molar-refractivity contribution in [3.8, 4) is 6.07 Å². The lowest BCUT2D eigenvalue weighted by atomic mass is 9.71. The first-order chi connectivity index (χ1) is 9.82. The molecule has 0 aromatic rings. The van der Waals surface area contributed by atoms with Crippen molar-refractivity contribution < 1.29 is 14.7 Å². The van der Waals surface area contributed by atoms with Crippen LogP contribution in [0.3, 0.4) is 0 Å². The van der Waals surface area contributed by atoms with Gasteiger partial charge in [0.25, 0.3) is 0 Å². The van der Waals surface area contributed by atoms with E-state index in [-0.39, 0.29) is 25.0 Å². The first kappa shape index (κ1) is 17.3. The summed E-state index contributed by atoms with van der Waals surface area (Å²) in [6.45, 7) is 4.07. The van der Waals surface area contributed by atoms with E-state index in [0.717, 1.165) is 12.8 Å². The Kier molecular flexibility index (Phi) is 6.01. The molecule has 2 amide bonds. The highest BCUT2D eigenvalue weighted by molar-refractivity contribution is 5.78. The summed E-state index contributed by atoms with van der Waals surface area (Å²) < 4.78 is 0. The fourth-order valence-electron chi connectivity index (χ4n) is 2.62. The Labute approximate surface area is 126 Å². The maximum Gasteiger partial charge on any atom is 0.317 e. The zero-order valence-corrected chi connectivity index (χ0v) is 13.1. The molecule has 0 aromatic carbocycles. The van der Waals surface area contributed by atoms with Crippen molar-refractivity contribution in [3.05, 3.63) is 0 Å². The Hall–Kier alpha value is -1.77. The molecule has 0 saturated heterocycles. The molecular formula is C15H25N3O3. The Morgan fingerprint density at radius 3 is 2.52 bits per heavy atom. The van der Waals surface area contributed by atoms with Crippen LogP contribution in [0.25, 0.3) is 0 Å². The molecule has 1 aliphatic rings. The number of carboxylic acids is 1. The molecule has 0 aliphatic heterocycles. The fraction of sp³-hybridized carbons (Fsp3) is 0.800. The Morgan fingerprint density at radius 2 is 2.05 bits per heavy atom. The van der Waals surface area contributed by atoms with Crippen LogP contribution in [0.4, 0.5) is 4.79 Å². The number of hydrogen-bond donors (Lipinski definition) is 2. The highest BCUT2D eigenvalue weighted by Crippen LogP contribution is 2.38. The number of carbonyl (C=O) groups is 2. The minimum Gasteiger partial charge on any atom is -0.481 e. The third-order valence-corrected chi connectivity index (χ3v) is 4.63. The summed E-state index contributed by atoms with van der Waals surface area (Å²) in [4.78, 5) is 25.1. The van der Waals surface area contributed by atoms with Gasteiger partial charge in [-0.3, -0.25) is 4.79 Å². The third-order valence-electron chi connectivity index (χ3n) is 4.63. The number of urea groups is 1.